The number of methoxy groups -OCH3 is 1. The summed E-state index contributed by atoms with van der Waals surface area (Å²) < 4.78 is 10.6. The van der Waals surface area contributed by atoms with Gasteiger partial charge in [0.15, 0.2) is 0 Å². The molecule has 0 bridgehead atoms. The average molecular weight is 292 g/mol. The Morgan fingerprint density at radius 3 is 2.59 bits per heavy atom. The molecule has 0 atom stereocenters. The lowest BCUT2D eigenvalue weighted by molar-refractivity contribution is -0.130. The van der Waals surface area contributed by atoms with E-state index in [2.05, 4.69) is 0 Å². The van der Waals surface area contributed by atoms with Crippen LogP contribution < -0.4 is 4.74 Å². The Balaban J connectivity index is 1.94. The number of carbonyl (C=O) groups is 1. The van der Waals surface area contributed by atoms with Gasteiger partial charge in [-0.3, -0.25) is 0 Å². The molecule has 2 aromatic carbocycles. The highest BCUT2D eigenvalue weighted by molar-refractivity contribution is 6.05. The van der Waals surface area contributed by atoms with Crippen LogP contribution in [0.15, 0.2) is 60.2 Å². The SMILES string of the molecule is COc1cc(/C=C2/C=C(c3ccccc3)OC2=O)ccc1C. The summed E-state index contributed by atoms with van der Waals surface area (Å²) in [7, 11) is 1.64. The summed E-state index contributed by atoms with van der Waals surface area (Å²) in [4.78, 5) is 12.0. The number of hydrogen-bond acceptors (Lipinski definition) is 3. The Morgan fingerprint density at radius 2 is 1.86 bits per heavy atom. The molecule has 1 aliphatic heterocycles. The van der Waals surface area contributed by atoms with Crippen molar-refractivity contribution in [2.45, 2.75) is 6.92 Å². The molecule has 3 heteroatoms. The van der Waals surface area contributed by atoms with Crippen LogP contribution in [0.25, 0.3) is 11.8 Å². The predicted molar refractivity (Wildman–Crippen MR) is 86.2 cm³/mol. The van der Waals surface area contributed by atoms with Crippen molar-refractivity contribution in [1.82, 2.24) is 0 Å². The van der Waals surface area contributed by atoms with Crippen LogP contribution >= 0.6 is 0 Å². The maximum Gasteiger partial charge on any atom is 0.343 e. The van der Waals surface area contributed by atoms with E-state index >= 15 is 0 Å². The quantitative estimate of drug-likeness (QED) is 0.634. The van der Waals surface area contributed by atoms with Gasteiger partial charge in [-0.1, -0.05) is 42.5 Å². The second-order valence-electron chi connectivity index (χ2n) is 5.09. The zero-order valence-corrected chi connectivity index (χ0v) is 12.5. The first-order valence-electron chi connectivity index (χ1n) is 7.03. The lowest BCUT2D eigenvalue weighted by Gasteiger charge is -2.05. The lowest BCUT2D eigenvalue weighted by atomic mass is 10.1. The molecule has 3 rings (SSSR count). The van der Waals surface area contributed by atoms with Crippen LogP contribution in [0.4, 0.5) is 0 Å². The van der Waals surface area contributed by atoms with Crippen molar-refractivity contribution in [3.8, 4) is 5.75 Å². The summed E-state index contributed by atoms with van der Waals surface area (Å²) >= 11 is 0. The van der Waals surface area contributed by atoms with Gasteiger partial charge in [-0.05, 0) is 36.3 Å². The molecule has 0 N–H and O–H groups in total. The van der Waals surface area contributed by atoms with Crippen LogP contribution in [0.1, 0.15) is 16.7 Å². The van der Waals surface area contributed by atoms with Crippen molar-refractivity contribution in [3.63, 3.8) is 0 Å². The van der Waals surface area contributed by atoms with Gasteiger partial charge in [0.2, 0.25) is 0 Å². The maximum atomic E-state index is 12.0. The van der Waals surface area contributed by atoms with Crippen molar-refractivity contribution >= 4 is 17.8 Å². The van der Waals surface area contributed by atoms with Gasteiger partial charge < -0.3 is 9.47 Å². The molecule has 22 heavy (non-hydrogen) atoms. The monoisotopic (exact) mass is 292 g/mol. The molecule has 0 saturated carbocycles. The van der Waals surface area contributed by atoms with E-state index in [0.717, 1.165) is 22.4 Å². The first-order valence-corrected chi connectivity index (χ1v) is 7.03. The minimum absolute atomic E-state index is 0.335. The fourth-order valence-electron chi connectivity index (χ4n) is 2.34. The van der Waals surface area contributed by atoms with Gasteiger partial charge in [0.05, 0.1) is 12.7 Å². The minimum atomic E-state index is -0.335. The first-order chi connectivity index (χ1) is 10.7. The molecule has 0 aliphatic carbocycles. The third-order valence-corrected chi connectivity index (χ3v) is 3.54. The third-order valence-electron chi connectivity index (χ3n) is 3.54. The molecular weight excluding hydrogens is 276 g/mol. The number of hydrogen-bond donors (Lipinski definition) is 0. The van der Waals surface area contributed by atoms with Crippen LogP contribution in [-0.2, 0) is 9.53 Å². The van der Waals surface area contributed by atoms with Crippen molar-refractivity contribution in [3.05, 3.63) is 76.9 Å². The fraction of sp³-hybridized carbons (Fsp3) is 0.105. The van der Waals surface area contributed by atoms with Gasteiger partial charge in [0, 0.05) is 5.56 Å². The molecular formula is C19H16O3. The highest BCUT2D eigenvalue weighted by Crippen LogP contribution is 2.28. The number of benzene rings is 2. The number of aryl methyl sites for hydroxylation is 1. The van der Waals surface area contributed by atoms with E-state index in [1.165, 1.54) is 0 Å². The Bertz CT molecular complexity index is 771. The van der Waals surface area contributed by atoms with Crippen molar-refractivity contribution in [2.24, 2.45) is 0 Å². The van der Waals surface area contributed by atoms with Crippen LogP contribution in [0.2, 0.25) is 0 Å². The standard InChI is InChI=1S/C19H16O3/c1-13-8-9-14(11-17(13)21-2)10-16-12-18(22-19(16)20)15-6-4-3-5-7-15/h3-12H,1-2H3/b16-10-. The Hall–Kier alpha value is -2.81. The van der Waals surface area contributed by atoms with Crippen molar-refractivity contribution in [2.75, 3.05) is 7.11 Å². The molecule has 0 aromatic heterocycles. The van der Waals surface area contributed by atoms with Crippen LogP contribution in [0, 0.1) is 6.92 Å². The average Bonchev–Trinajstić information content (AvgIpc) is 2.91. The Labute approximate surface area is 129 Å². The van der Waals surface area contributed by atoms with Gasteiger partial charge >= 0.3 is 5.97 Å². The van der Waals surface area contributed by atoms with E-state index in [1.54, 1.807) is 19.3 Å². The molecule has 0 spiro atoms. The second kappa shape index (κ2) is 5.90. The number of rotatable bonds is 3. The summed E-state index contributed by atoms with van der Waals surface area (Å²) in [5, 5.41) is 0. The summed E-state index contributed by atoms with van der Waals surface area (Å²) in [5.74, 6) is 1.04. The highest BCUT2D eigenvalue weighted by Gasteiger charge is 2.21. The molecule has 0 unspecified atom stereocenters. The smallest absolute Gasteiger partial charge is 0.343 e. The van der Waals surface area contributed by atoms with Crippen LogP contribution in [0.3, 0.4) is 0 Å². The molecule has 0 saturated heterocycles. The zero-order chi connectivity index (χ0) is 15.5. The summed E-state index contributed by atoms with van der Waals surface area (Å²) in [5.41, 5.74) is 3.38. The van der Waals surface area contributed by atoms with E-state index in [-0.39, 0.29) is 5.97 Å². The highest BCUT2D eigenvalue weighted by atomic mass is 16.5. The van der Waals surface area contributed by atoms with Gasteiger partial charge in [-0.2, -0.15) is 0 Å². The lowest BCUT2D eigenvalue weighted by Crippen LogP contribution is -1.97. The number of cyclic esters (lactones) is 1. The molecule has 0 amide bonds. The van der Waals surface area contributed by atoms with Gasteiger partial charge in [-0.25, -0.2) is 4.79 Å². The predicted octanol–water partition coefficient (Wildman–Crippen LogP) is 3.98. The summed E-state index contributed by atoms with van der Waals surface area (Å²) in [6.45, 7) is 1.98. The van der Waals surface area contributed by atoms with E-state index in [9.17, 15) is 4.79 Å². The maximum absolute atomic E-state index is 12.0. The second-order valence-corrected chi connectivity index (χ2v) is 5.09. The van der Waals surface area contributed by atoms with Gasteiger partial charge in [0.1, 0.15) is 11.5 Å². The summed E-state index contributed by atoms with van der Waals surface area (Å²) in [6, 6.07) is 15.4. The van der Waals surface area contributed by atoms with E-state index < -0.39 is 0 Å². The largest absolute Gasteiger partial charge is 0.496 e. The molecule has 2 aromatic rings. The van der Waals surface area contributed by atoms with Gasteiger partial charge in [0.25, 0.3) is 0 Å². The topological polar surface area (TPSA) is 35.5 Å². The normalized spacial score (nSPS) is 15.6. The van der Waals surface area contributed by atoms with Crippen molar-refractivity contribution in [1.29, 1.82) is 0 Å². The van der Waals surface area contributed by atoms with E-state index in [1.807, 2.05) is 55.5 Å². The minimum Gasteiger partial charge on any atom is -0.496 e. The van der Waals surface area contributed by atoms with E-state index in [0.29, 0.717) is 11.3 Å². The summed E-state index contributed by atoms with van der Waals surface area (Å²) in [6.07, 6.45) is 3.57. The number of ether oxygens (including phenoxy) is 2. The third kappa shape index (κ3) is 2.79. The van der Waals surface area contributed by atoms with Crippen molar-refractivity contribution < 1.29 is 14.3 Å². The molecule has 1 aliphatic rings. The molecule has 3 nitrogen and oxygen atoms in total. The van der Waals surface area contributed by atoms with E-state index in [4.69, 9.17) is 9.47 Å². The first kappa shape index (κ1) is 14.1. The number of carbonyl (C=O) groups excluding carboxylic acids is 1. The van der Waals surface area contributed by atoms with Crippen LogP contribution in [-0.4, -0.2) is 13.1 Å². The Morgan fingerprint density at radius 1 is 1.09 bits per heavy atom. The van der Waals surface area contributed by atoms with Gasteiger partial charge in [-0.15, -0.1) is 0 Å². The van der Waals surface area contributed by atoms with Crippen LogP contribution in [0.5, 0.6) is 5.75 Å². The zero-order valence-electron chi connectivity index (χ0n) is 12.5. The molecule has 0 radical (unpaired) electrons. The Kier molecular flexibility index (Phi) is 3.79. The number of esters is 1. The molecule has 110 valence electrons. The fourth-order valence-corrected chi connectivity index (χ4v) is 2.34. The molecule has 0 fully saturated rings. The molecule has 1 heterocycles.